The summed E-state index contributed by atoms with van der Waals surface area (Å²) in [7, 11) is 0. The standard InChI is InChI=1S/C12H26N2/c1-4-5-9-14(11(2)3)10-12-7-6-8-13-12/h11-13H,4-10H2,1-3H3. The number of rotatable bonds is 6. The van der Waals surface area contributed by atoms with Crippen molar-refractivity contribution in [3.63, 3.8) is 0 Å². The van der Waals surface area contributed by atoms with Crippen LogP contribution in [0.2, 0.25) is 0 Å². The molecule has 0 bridgehead atoms. The van der Waals surface area contributed by atoms with E-state index in [0.717, 1.165) is 6.04 Å². The predicted octanol–water partition coefficient (Wildman–Crippen LogP) is 2.25. The molecule has 0 aromatic carbocycles. The van der Waals surface area contributed by atoms with Gasteiger partial charge in [0.05, 0.1) is 0 Å². The van der Waals surface area contributed by atoms with E-state index in [1.54, 1.807) is 0 Å². The maximum absolute atomic E-state index is 3.58. The Morgan fingerprint density at radius 2 is 2.21 bits per heavy atom. The molecule has 0 amide bonds. The van der Waals surface area contributed by atoms with Crippen molar-refractivity contribution in [3.05, 3.63) is 0 Å². The van der Waals surface area contributed by atoms with Gasteiger partial charge in [0.2, 0.25) is 0 Å². The van der Waals surface area contributed by atoms with Gasteiger partial charge in [0.15, 0.2) is 0 Å². The van der Waals surface area contributed by atoms with Gasteiger partial charge >= 0.3 is 0 Å². The highest BCUT2D eigenvalue weighted by Crippen LogP contribution is 2.10. The summed E-state index contributed by atoms with van der Waals surface area (Å²) in [5.74, 6) is 0. The Hall–Kier alpha value is -0.0800. The first-order chi connectivity index (χ1) is 6.74. The molecule has 1 saturated heterocycles. The fourth-order valence-corrected chi connectivity index (χ4v) is 2.12. The van der Waals surface area contributed by atoms with Gasteiger partial charge in [-0.3, -0.25) is 4.90 Å². The van der Waals surface area contributed by atoms with Gasteiger partial charge in [-0.25, -0.2) is 0 Å². The molecule has 0 radical (unpaired) electrons. The summed E-state index contributed by atoms with van der Waals surface area (Å²) in [5, 5.41) is 3.58. The smallest absolute Gasteiger partial charge is 0.0195 e. The van der Waals surface area contributed by atoms with Crippen molar-refractivity contribution >= 4 is 0 Å². The van der Waals surface area contributed by atoms with E-state index < -0.39 is 0 Å². The Balaban J connectivity index is 2.26. The molecule has 0 spiro atoms. The molecule has 1 aliphatic rings. The number of unbranched alkanes of at least 4 members (excludes halogenated alkanes) is 1. The second kappa shape index (κ2) is 6.41. The van der Waals surface area contributed by atoms with E-state index in [9.17, 15) is 0 Å². The molecular weight excluding hydrogens is 172 g/mol. The lowest BCUT2D eigenvalue weighted by Gasteiger charge is -2.29. The lowest BCUT2D eigenvalue weighted by molar-refractivity contribution is 0.200. The summed E-state index contributed by atoms with van der Waals surface area (Å²) in [4.78, 5) is 2.62. The molecule has 0 aliphatic carbocycles. The van der Waals surface area contributed by atoms with E-state index in [1.165, 1.54) is 45.3 Å². The van der Waals surface area contributed by atoms with Gasteiger partial charge in [-0.15, -0.1) is 0 Å². The summed E-state index contributed by atoms with van der Waals surface area (Å²) in [5.41, 5.74) is 0. The highest BCUT2D eigenvalue weighted by molar-refractivity contribution is 4.79. The van der Waals surface area contributed by atoms with Gasteiger partial charge < -0.3 is 5.32 Å². The van der Waals surface area contributed by atoms with E-state index in [-0.39, 0.29) is 0 Å². The van der Waals surface area contributed by atoms with Crippen LogP contribution in [0.4, 0.5) is 0 Å². The van der Waals surface area contributed by atoms with Crippen LogP contribution in [0, 0.1) is 0 Å². The summed E-state index contributed by atoms with van der Waals surface area (Å²) >= 11 is 0. The predicted molar refractivity (Wildman–Crippen MR) is 62.6 cm³/mol. The zero-order valence-electron chi connectivity index (χ0n) is 10.1. The van der Waals surface area contributed by atoms with Crippen LogP contribution in [0.3, 0.4) is 0 Å². The van der Waals surface area contributed by atoms with Crippen LogP contribution in [-0.4, -0.2) is 36.6 Å². The second-order valence-corrected chi connectivity index (χ2v) is 4.74. The molecule has 14 heavy (non-hydrogen) atoms. The Labute approximate surface area is 89.1 Å². The Morgan fingerprint density at radius 3 is 2.71 bits per heavy atom. The molecule has 1 unspecified atom stereocenters. The Bertz CT molecular complexity index is 139. The molecule has 2 heteroatoms. The molecule has 2 nitrogen and oxygen atoms in total. The summed E-state index contributed by atoms with van der Waals surface area (Å²) < 4.78 is 0. The zero-order valence-corrected chi connectivity index (χ0v) is 10.1. The molecular formula is C12H26N2. The van der Waals surface area contributed by atoms with Gasteiger partial charge in [0, 0.05) is 18.6 Å². The van der Waals surface area contributed by atoms with Crippen molar-refractivity contribution in [3.8, 4) is 0 Å². The topological polar surface area (TPSA) is 15.3 Å². The normalized spacial score (nSPS) is 22.5. The van der Waals surface area contributed by atoms with Crippen molar-refractivity contribution in [2.75, 3.05) is 19.6 Å². The molecule has 1 heterocycles. The average molecular weight is 198 g/mol. The first-order valence-electron chi connectivity index (χ1n) is 6.21. The molecule has 1 N–H and O–H groups in total. The third kappa shape index (κ3) is 3.97. The second-order valence-electron chi connectivity index (χ2n) is 4.74. The number of hydrogen-bond acceptors (Lipinski definition) is 2. The minimum absolute atomic E-state index is 0.698. The van der Waals surface area contributed by atoms with Gasteiger partial charge in [0.25, 0.3) is 0 Å². The maximum atomic E-state index is 3.58. The molecule has 1 rings (SSSR count). The van der Waals surface area contributed by atoms with Crippen LogP contribution in [-0.2, 0) is 0 Å². The average Bonchev–Trinajstić information content (AvgIpc) is 2.64. The van der Waals surface area contributed by atoms with Crippen LogP contribution in [0.5, 0.6) is 0 Å². The molecule has 1 fully saturated rings. The Kier molecular flexibility index (Phi) is 5.49. The monoisotopic (exact) mass is 198 g/mol. The first-order valence-corrected chi connectivity index (χ1v) is 6.21. The molecule has 0 aromatic heterocycles. The SMILES string of the molecule is CCCCN(CC1CCCN1)C(C)C. The first kappa shape index (κ1) is 12.0. The van der Waals surface area contributed by atoms with Crippen molar-refractivity contribution in [1.29, 1.82) is 0 Å². The molecule has 1 atom stereocenters. The molecule has 1 aliphatic heterocycles. The van der Waals surface area contributed by atoms with Gasteiger partial charge in [-0.05, 0) is 46.2 Å². The van der Waals surface area contributed by atoms with Crippen molar-refractivity contribution in [2.45, 2.75) is 58.5 Å². The molecule has 0 saturated carbocycles. The summed E-state index contributed by atoms with van der Waals surface area (Å²) in [6.07, 6.45) is 5.38. The number of nitrogens with one attached hydrogen (secondary N) is 1. The largest absolute Gasteiger partial charge is 0.313 e. The zero-order chi connectivity index (χ0) is 10.4. The number of nitrogens with zero attached hydrogens (tertiary/aromatic N) is 1. The van der Waals surface area contributed by atoms with E-state index in [1.807, 2.05) is 0 Å². The highest BCUT2D eigenvalue weighted by Gasteiger charge is 2.18. The third-order valence-electron chi connectivity index (χ3n) is 3.15. The molecule has 84 valence electrons. The van der Waals surface area contributed by atoms with E-state index in [0.29, 0.717) is 6.04 Å². The van der Waals surface area contributed by atoms with Crippen molar-refractivity contribution in [1.82, 2.24) is 10.2 Å². The fourth-order valence-electron chi connectivity index (χ4n) is 2.12. The van der Waals surface area contributed by atoms with Crippen LogP contribution < -0.4 is 5.32 Å². The van der Waals surface area contributed by atoms with Crippen LogP contribution in [0.1, 0.15) is 46.5 Å². The van der Waals surface area contributed by atoms with Crippen molar-refractivity contribution < 1.29 is 0 Å². The summed E-state index contributed by atoms with van der Waals surface area (Å²) in [6, 6.07) is 1.46. The lowest BCUT2D eigenvalue weighted by atomic mass is 10.1. The van der Waals surface area contributed by atoms with E-state index in [2.05, 4.69) is 31.0 Å². The van der Waals surface area contributed by atoms with Crippen LogP contribution in [0.15, 0.2) is 0 Å². The molecule has 0 aromatic rings. The summed E-state index contributed by atoms with van der Waals surface area (Å²) in [6.45, 7) is 10.6. The highest BCUT2D eigenvalue weighted by atomic mass is 15.2. The van der Waals surface area contributed by atoms with Gasteiger partial charge in [-0.2, -0.15) is 0 Å². The van der Waals surface area contributed by atoms with Crippen molar-refractivity contribution in [2.24, 2.45) is 0 Å². The maximum Gasteiger partial charge on any atom is 0.0195 e. The van der Waals surface area contributed by atoms with E-state index >= 15 is 0 Å². The van der Waals surface area contributed by atoms with E-state index in [4.69, 9.17) is 0 Å². The van der Waals surface area contributed by atoms with Crippen LogP contribution >= 0.6 is 0 Å². The van der Waals surface area contributed by atoms with Gasteiger partial charge in [0.1, 0.15) is 0 Å². The lowest BCUT2D eigenvalue weighted by Crippen LogP contribution is -2.41. The minimum Gasteiger partial charge on any atom is -0.313 e. The van der Waals surface area contributed by atoms with Crippen LogP contribution in [0.25, 0.3) is 0 Å². The minimum atomic E-state index is 0.698. The number of hydrogen-bond donors (Lipinski definition) is 1. The fraction of sp³-hybridized carbons (Fsp3) is 1.00. The Morgan fingerprint density at radius 1 is 1.43 bits per heavy atom. The van der Waals surface area contributed by atoms with Gasteiger partial charge in [-0.1, -0.05) is 13.3 Å². The quantitative estimate of drug-likeness (QED) is 0.704. The third-order valence-corrected chi connectivity index (χ3v) is 3.15.